The van der Waals surface area contributed by atoms with Crippen molar-refractivity contribution >= 4 is 30.7 Å². The Balaban J connectivity index is 0.00000144. The Hall–Kier alpha value is -1.67. The second kappa shape index (κ2) is 9.58. The van der Waals surface area contributed by atoms with Gasteiger partial charge in [-0.2, -0.15) is 0 Å². The predicted molar refractivity (Wildman–Crippen MR) is 94.7 cm³/mol. The van der Waals surface area contributed by atoms with Crippen LogP contribution < -0.4 is 11.1 Å². The van der Waals surface area contributed by atoms with Crippen LogP contribution in [0.15, 0.2) is 37.1 Å². The standard InChI is InChI=1S/C15H19N5O2.2ClH/c16-8-12-1-2-13(22-12)15(21)19-9-11-3-4-18-14(7-11)20-6-5-17-10-20;;/h3-7,10,12-13H,1-2,8-9,16H2,(H,19,21);2*1H/t12-,13+;;/m1../s1. The molecule has 24 heavy (non-hydrogen) atoms. The van der Waals surface area contributed by atoms with Crippen LogP contribution in [0.2, 0.25) is 0 Å². The number of hydrogen-bond acceptors (Lipinski definition) is 5. The molecule has 1 aliphatic heterocycles. The Labute approximate surface area is 152 Å². The Morgan fingerprint density at radius 3 is 2.88 bits per heavy atom. The molecule has 1 saturated heterocycles. The molecule has 2 atom stereocenters. The van der Waals surface area contributed by atoms with E-state index in [1.807, 2.05) is 22.9 Å². The second-order valence-electron chi connectivity index (χ2n) is 5.27. The number of amides is 1. The Bertz CT molecular complexity index is 639. The van der Waals surface area contributed by atoms with Crippen molar-refractivity contribution in [2.75, 3.05) is 6.54 Å². The fourth-order valence-corrected chi connectivity index (χ4v) is 2.48. The highest BCUT2D eigenvalue weighted by molar-refractivity contribution is 5.85. The Morgan fingerprint density at radius 1 is 1.38 bits per heavy atom. The summed E-state index contributed by atoms with van der Waals surface area (Å²) >= 11 is 0. The minimum atomic E-state index is -0.386. The number of nitrogens with one attached hydrogen (secondary N) is 1. The van der Waals surface area contributed by atoms with Crippen LogP contribution in [0.3, 0.4) is 0 Å². The number of halogens is 2. The highest BCUT2D eigenvalue weighted by Gasteiger charge is 2.29. The number of aromatic nitrogens is 3. The van der Waals surface area contributed by atoms with Gasteiger partial charge in [-0.05, 0) is 30.5 Å². The third-order valence-corrected chi connectivity index (χ3v) is 3.71. The molecule has 2 aromatic heterocycles. The van der Waals surface area contributed by atoms with Crippen molar-refractivity contribution in [2.45, 2.75) is 31.6 Å². The molecule has 0 aromatic carbocycles. The average molecular weight is 374 g/mol. The lowest BCUT2D eigenvalue weighted by Gasteiger charge is -2.13. The summed E-state index contributed by atoms with van der Waals surface area (Å²) in [4.78, 5) is 20.4. The first kappa shape index (κ1) is 20.4. The smallest absolute Gasteiger partial charge is 0.249 e. The molecule has 2 aromatic rings. The molecule has 132 valence electrons. The number of nitrogens with zero attached hydrogens (tertiary/aromatic N) is 3. The minimum Gasteiger partial charge on any atom is -0.364 e. The zero-order chi connectivity index (χ0) is 15.4. The fourth-order valence-electron chi connectivity index (χ4n) is 2.48. The molecule has 3 heterocycles. The lowest BCUT2D eigenvalue weighted by atomic mass is 10.2. The quantitative estimate of drug-likeness (QED) is 0.821. The normalized spacial score (nSPS) is 19.2. The average Bonchev–Trinajstić information content (AvgIpc) is 3.24. The molecule has 0 spiro atoms. The summed E-state index contributed by atoms with van der Waals surface area (Å²) in [5, 5.41) is 2.90. The number of hydrogen-bond donors (Lipinski definition) is 2. The molecule has 7 nitrogen and oxygen atoms in total. The Kier molecular flexibility index (Phi) is 8.14. The molecule has 3 rings (SSSR count). The summed E-state index contributed by atoms with van der Waals surface area (Å²) in [7, 11) is 0. The van der Waals surface area contributed by atoms with Gasteiger partial charge in [0.2, 0.25) is 5.91 Å². The molecular weight excluding hydrogens is 353 g/mol. The molecule has 9 heteroatoms. The summed E-state index contributed by atoms with van der Waals surface area (Å²) in [5.74, 6) is 0.682. The van der Waals surface area contributed by atoms with Crippen molar-refractivity contribution in [2.24, 2.45) is 5.73 Å². The molecule has 3 N–H and O–H groups in total. The van der Waals surface area contributed by atoms with Crippen LogP contribution in [-0.2, 0) is 16.1 Å². The highest BCUT2D eigenvalue weighted by Crippen LogP contribution is 2.19. The zero-order valence-corrected chi connectivity index (χ0v) is 14.6. The molecular formula is C15H21Cl2N5O2. The van der Waals surface area contributed by atoms with E-state index in [4.69, 9.17) is 10.5 Å². The van der Waals surface area contributed by atoms with Crippen molar-refractivity contribution in [1.29, 1.82) is 0 Å². The van der Waals surface area contributed by atoms with Crippen LogP contribution in [0.4, 0.5) is 0 Å². The van der Waals surface area contributed by atoms with Gasteiger partial charge in [-0.1, -0.05) is 0 Å². The van der Waals surface area contributed by atoms with Gasteiger partial charge in [0.15, 0.2) is 0 Å². The fraction of sp³-hybridized carbons (Fsp3) is 0.400. The second-order valence-corrected chi connectivity index (χ2v) is 5.27. The Morgan fingerprint density at radius 2 is 2.21 bits per heavy atom. The van der Waals surface area contributed by atoms with Gasteiger partial charge >= 0.3 is 0 Å². The summed E-state index contributed by atoms with van der Waals surface area (Å²) in [6.07, 6.45) is 8.11. The maximum absolute atomic E-state index is 12.1. The topological polar surface area (TPSA) is 95.1 Å². The molecule has 1 amide bonds. The number of rotatable bonds is 5. The van der Waals surface area contributed by atoms with Crippen LogP contribution in [0.1, 0.15) is 18.4 Å². The number of imidazole rings is 1. The third-order valence-electron chi connectivity index (χ3n) is 3.71. The first-order valence-corrected chi connectivity index (χ1v) is 7.33. The lowest BCUT2D eigenvalue weighted by Crippen LogP contribution is -2.35. The summed E-state index contributed by atoms with van der Waals surface area (Å²) in [6.45, 7) is 0.901. The van der Waals surface area contributed by atoms with E-state index in [0.717, 1.165) is 24.2 Å². The number of nitrogens with two attached hydrogens (primary N) is 1. The van der Waals surface area contributed by atoms with E-state index in [1.165, 1.54) is 0 Å². The van der Waals surface area contributed by atoms with Crippen molar-refractivity contribution in [3.8, 4) is 5.82 Å². The maximum atomic E-state index is 12.1. The number of carbonyl (C=O) groups is 1. The summed E-state index contributed by atoms with van der Waals surface area (Å²) in [6, 6.07) is 3.79. The van der Waals surface area contributed by atoms with Gasteiger partial charge in [0.1, 0.15) is 18.2 Å². The number of pyridine rings is 1. The van der Waals surface area contributed by atoms with Crippen molar-refractivity contribution in [1.82, 2.24) is 19.9 Å². The van der Waals surface area contributed by atoms with Gasteiger partial charge in [0, 0.05) is 31.7 Å². The van der Waals surface area contributed by atoms with E-state index in [2.05, 4.69) is 15.3 Å². The van der Waals surface area contributed by atoms with Gasteiger partial charge in [-0.15, -0.1) is 24.8 Å². The molecule has 0 saturated carbocycles. The van der Waals surface area contributed by atoms with Gasteiger partial charge in [-0.3, -0.25) is 9.36 Å². The van der Waals surface area contributed by atoms with Crippen LogP contribution in [0.25, 0.3) is 5.82 Å². The predicted octanol–water partition coefficient (Wildman–Crippen LogP) is 1.23. The van der Waals surface area contributed by atoms with E-state index < -0.39 is 0 Å². The minimum absolute atomic E-state index is 0. The molecule has 1 fully saturated rings. The number of ether oxygens (including phenoxy) is 1. The highest BCUT2D eigenvalue weighted by atomic mass is 35.5. The van der Waals surface area contributed by atoms with E-state index in [1.54, 1.807) is 18.7 Å². The maximum Gasteiger partial charge on any atom is 0.249 e. The first-order chi connectivity index (χ1) is 10.8. The number of carbonyl (C=O) groups excluding carboxylic acids is 1. The van der Waals surface area contributed by atoms with Gasteiger partial charge in [0.05, 0.1) is 6.10 Å². The SMILES string of the molecule is Cl.Cl.NC[C@H]1CC[C@@H](C(=O)NCc2ccnc(-n3ccnc3)c2)O1. The molecule has 1 aliphatic rings. The van der Waals surface area contributed by atoms with Crippen LogP contribution in [0.5, 0.6) is 0 Å². The van der Waals surface area contributed by atoms with Crippen molar-refractivity contribution in [3.63, 3.8) is 0 Å². The summed E-state index contributed by atoms with van der Waals surface area (Å²) < 4.78 is 7.40. The van der Waals surface area contributed by atoms with E-state index in [-0.39, 0.29) is 42.9 Å². The molecule has 0 radical (unpaired) electrons. The van der Waals surface area contributed by atoms with Crippen molar-refractivity contribution < 1.29 is 9.53 Å². The van der Waals surface area contributed by atoms with Crippen LogP contribution in [-0.4, -0.2) is 39.2 Å². The lowest BCUT2D eigenvalue weighted by molar-refractivity contribution is -0.132. The molecule has 0 bridgehead atoms. The summed E-state index contributed by atoms with van der Waals surface area (Å²) in [5.41, 5.74) is 6.53. The zero-order valence-electron chi connectivity index (χ0n) is 13.0. The van der Waals surface area contributed by atoms with Gasteiger partial charge in [-0.25, -0.2) is 9.97 Å². The molecule has 0 aliphatic carbocycles. The first-order valence-electron chi connectivity index (χ1n) is 7.33. The van der Waals surface area contributed by atoms with Crippen LogP contribution >= 0.6 is 24.8 Å². The van der Waals surface area contributed by atoms with E-state index in [9.17, 15) is 4.79 Å². The van der Waals surface area contributed by atoms with Crippen molar-refractivity contribution in [3.05, 3.63) is 42.6 Å². The largest absolute Gasteiger partial charge is 0.364 e. The third kappa shape index (κ3) is 4.91. The molecule has 0 unspecified atom stereocenters. The van der Waals surface area contributed by atoms with E-state index in [0.29, 0.717) is 13.1 Å². The van der Waals surface area contributed by atoms with Gasteiger partial charge < -0.3 is 15.8 Å². The van der Waals surface area contributed by atoms with Gasteiger partial charge in [0.25, 0.3) is 0 Å². The monoisotopic (exact) mass is 373 g/mol. The van der Waals surface area contributed by atoms with Crippen LogP contribution in [0, 0.1) is 0 Å². The van der Waals surface area contributed by atoms with E-state index >= 15 is 0 Å².